The molecule has 54 heavy (non-hydrogen) atoms. The Morgan fingerprint density at radius 3 is 2.11 bits per heavy atom. The summed E-state index contributed by atoms with van der Waals surface area (Å²) in [6.07, 6.45) is -0.850. The van der Waals surface area contributed by atoms with Crippen molar-refractivity contribution in [3.8, 4) is 23.0 Å². The third-order valence-electron chi connectivity index (χ3n) is 8.27. The Morgan fingerprint density at radius 1 is 0.852 bits per heavy atom. The van der Waals surface area contributed by atoms with E-state index >= 15 is 0 Å². The van der Waals surface area contributed by atoms with Crippen LogP contribution < -0.4 is 30.7 Å². The molecular formula is C40H42N4O10. The summed E-state index contributed by atoms with van der Waals surface area (Å²) in [5.41, 5.74) is 0.529. The molecule has 0 fully saturated rings. The molecule has 4 atom stereocenters. The smallest absolute Gasteiger partial charge is 0.408 e. The van der Waals surface area contributed by atoms with Crippen LogP contribution in [0.2, 0.25) is 0 Å². The summed E-state index contributed by atoms with van der Waals surface area (Å²) in [7, 11) is 2.52. The van der Waals surface area contributed by atoms with Gasteiger partial charge >= 0.3 is 12.1 Å². The maximum atomic E-state index is 14.5. The van der Waals surface area contributed by atoms with E-state index in [2.05, 4.69) is 21.3 Å². The molecule has 4 aromatic rings. The van der Waals surface area contributed by atoms with Gasteiger partial charge in [-0.05, 0) is 67.3 Å². The summed E-state index contributed by atoms with van der Waals surface area (Å²) < 4.78 is 22.0. The number of carbonyl (C=O) groups is 5. The first-order valence-corrected chi connectivity index (χ1v) is 17.0. The lowest BCUT2D eigenvalue weighted by molar-refractivity contribution is -0.145. The molecule has 4 amide bonds. The van der Waals surface area contributed by atoms with E-state index < -0.39 is 65.3 Å². The van der Waals surface area contributed by atoms with E-state index in [1.807, 2.05) is 0 Å². The molecule has 2 aliphatic heterocycles. The number of amides is 4. The molecule has 0 aliphatic carbocycles. The summed E-state index contributed by atoms with van der Waals surface area (Å²) >= 11 is 0. The third-order valence-corrected chi connectivity index (χ3v) is 8.27. The third kappa shape index (κ3) is 9.64. The van der Waals surface area contributed by atoms with Gasteiger partial charge in [0.05, 0.1) is 14.2 Å². The monoisotopic (exact) mass is 738 g/mol. The number of hydrogen-bond donors (Lipinski definition) is 5. The fraction of sp³-hybridized carbons (Fsp3) is 0.275. The molecule has 2 aliphatic rings. The van der Waals surface area contributed by atoms with Crippen LogP contribution in [0.3, 0.4) is 0 Å². The number of hydrogen-bond acceptors (Lipinski definition) is 10. The molecule has 282 valence electrons. The predicted molar refractivity (Wildman–Crippen MR) is 196 cm³/mol. The van der Waals surface area contributed by atoms with Crippen molar-refractivity contribution < 1.29 is 48.0 Å². The van der Waals surface area contributed by atoms with Crippen LogP contribution in [0.5, 0.6) is 23.0 Å². The van der Waals surface area contributed by atoms with Gasteiger partial charge in [-0.3, -0.25) is 14.4 Å². The van der Waals surface area contributed by atoms with Gasteiger partial charge in [-0.1, -0.05) is 72.8 Å². The van der Waals surface area contributed by atoms with Crippen molar-refractivity contribution >= 4 is 29.8 Å². The van der Waals surface area contributed by atoms with Crippen molar-refractivity contribution in [2.24, 2.45) is 0 Å². The largest absolute Gasteiger partial charge is 0.504 e. The molecule has 6 rings (SSSR count). The van der Waals surface area contributed by atoms with Crippen LogP contribution in [0.15, 0.2) is 97.1 Å². The van der Waals surface area contributed by atoms with Crippen molar-refractivity contribution in [3.05, 3.63) is 119 Å². The van der Waals surface area contributed by atoms with Crippen molar-refractivity contribution in [1.29, 1.82) is 0 Å². The molecule has 0 aromatic heterocycles. The van der Waals surface area contributed by atoms with Crippen LogP contribution in [0, 0.1) is 0 Å². The SMILES string of the molecule is COC(=O)[C@@H]1Cc2ccc(cc2)Oc2cc(cc(O)c2OC)[C@@H](NC(=O)[C@@H](NC(=O)OC(C)(C)C)c2ccccc2)C(=O)N[C@H](c2ccccc2)C(=O)N1. The molecule has 2 heterocycles. The van der Waals surface area contributed by atoms with Gasteiger partial charge in [-0.25, -0.2) is 9.59 Å². The predicted octanol–water partition coefficient (Wildman–Crippen LogP) is 4.69. The van der Waals surface area contributed by atoms with Gasteiger partial charge in [0.25, 0.3) is 0 Å². The Morgan fingerprint density at radius 2 is 1.50 bits per heavy atom. The van der Waals surface area contributed by atoms with Gasteiger partial charge < -0.3 is 45.3 Å². The van der Waals surface area contributed by atoms with Crippen molar-refractivity contribution in [2.75, 3.05) is 14.2 Å². The van der Waals surface area contributed by atoms with Gasteiger partial charge in [-0.15, -0.1) is 0 Å². The lowest BCUT2D eigenvalue weighted by Gasteiger charge is -2.28. The minimum atomic E-state index is -1.62. The zero-order valence-electron chi connectivity index (χ0n) is 30.4. The first-order valence-electron chi connectivity index (χ1n) is 17.0. The number of rotatable bonds is 7. The summed E-state index contributed by atoms with van der Waals surface area (Å²) in [4.78, 5) is 68.7. The van der Waals surface area contributed by atoms with E-state index in [0.717, 1.165) is 0 Å². The number of esters is 1. The van der Waals surface area contributed by atoms with E-state index in [-0.39, 0.29) is 23.5 Å². The lowest BCUT2D eigenvalue weighted by Crippen LogP contribution is -2.51. The molecule has 0 saturated heterocycles. The summed E-state index contributed by atoms with van der Waals surface area (Å²) in [5.74, 6) is -3.36. The van der Waals surface area contributed by atoms with E-state index in [4.69, 9.17) is 18.9 Å². The Labute approximate surface area is 312 Å². The van der Waals surface area contributed by atoms with Crippen LogP contribution >= 0.6 is 0 Å². The van der Waals surface area contributed by atoms with Crippen molar-refractivity contribution in [2.45, 2.75) is 57.0 Å². The number of nitrogens with one attached hydrogen (secondary N) is 4. The van der Waals surface area contributed by atoms with Crippen molar-refractivity contribution in [3.63, 3.8) is 0 Å². The highest BCUT2D eigenvalue weighted by Crippen LogP contribution is 2.42. The molecule has 5 N–H and O–H groups in total. The second-order valence-electron chi connectivity index (χ2n) is 13.4. The van der Waals surface area contributed by atoms with Gasteiger partial charge in [0.1, 0.15) is 35.5 Å². The van der Waals surface area contributed by atoms with Gasteiger partial charge in [0, 0.05) is 6.42 Å². The normalized spacial score (nSPS) is 17.8. The Balaban J connectivity index is 1.64. The second kappa shape index (κ2) is 16.8. The minimum Gasteiger partial charge on any atom is -0.504 e. The summed E-state index contributed by atoms with van der Waals surface area (Å²) in [6, 6.07) is 20.4. The molecule has 0 unspecified atom stereocenters. The highest BCUT2D eigenvalue weighted by Gasteiger charge is 2.35. The van der Waals surface area contributed by atoms with E-state index in [9.17, 15) is 29.1 Å². The van der Waals surface area contributed by atoms with Crippen LogP contribution in [0.4, 0.5) is 4.79 Å². The molecule has 0 saturated carbocycles. The number of benzene rings is 4. The first-order chi connectivity index (χ1) is 25.8. The van der Waals surface area contributed by atoms with Gasteiger partial charge in [0.15, 0.2) is 11.5 Å². The lowest BCUT2D eigenvalue weighted by atomic mass is 9.99. The number of methoxy groups -OCH3 is 2. The average molecular weight is 739 g/mol. The van der Waals surface area contributed by atoms with Gasteiger partial charge in [0.2, 0.25) is 23.5 Å². The molecule has 4 bridgehead atoms. The molecule has 14 nitrogen and oxygen atoms in total. The van der Waals surface area contributed by atoms with Crippen LogP contribution in [0.25, 0.3) is 0 Å². The Bertz CT molecular complexity index is 1980. The van der Waals surface area contributed by atoms with Crippen LogP contribution in [-0.2, 0) is 35.1 Å². The number of alkyl carbamates (subject to hydrolysis) is 1. The number of aromatic hydroxyl groups is 1. The molecule has 0 spiro atoms. The van der Waals surface area contributed by atoms with E-state index in [1.165, 1.54) is 26.4 Å². The van der Waals surface area contributed by atoms with E-state index in [1.54, 1.807) is 106 Å². The maximum Gasteiger partial charge on any atom is 0.408 e. The fourth-order valence-electron chi connectivity index (χ4n) is 5.77. The van der Waals surface area contributed by atoms with Gasteiger partial charge in [-0.2, -0.15) is 0 Å². The quantitative estimate of drug-likeness (QED) is 0.166. The molecular weight excluding hydrogens is 696 g/mol. The number of fused-ring (bicyclic) bond motifs is 9. The van der Waals surface area contributed by atoms with E-state index in [0.29, 0.717) is 22.4 Å². The minimum absolute atomic E-state index is 0.00401. The number of ether oxygens (including phenoxy) is 4. The number of phenolic OH excluding ortho intramolecular Hbond substituents is 1. The topological polar surface area (TPSA) is 191 Å². The molecule has 0 radical (unpaired) electrons. The zero-order chi connectivity index (χ0) is 39.0. The fourth-order valence-corrected chi connectivity index (χ4v) is 5.77. The first kappa shape index (κ1) is 38.7. The average Bonchev–Trinajstić information content (AvgIpc) is 3.14. The Kier molecular flexibility index (Phi) is 12.1. The highest BCUT2D eigenvalue weighted by molar-refractivity contribution is 5.96. The molecule has 4 aromatic carbocycles. The summed E-state index contributed by atoms with van der Waals surface area (Å²) in [5, 5.41) is 21.8. The summed E-state index contributed by atoms with van der Waals surface area (Å²) in [6.45, 7) is 5.01. The van der Waals surface area contributed by atoms with Crippen LogP contribution in [0.1, 0.15) is 61.2 Å². The van der Waals surface area contributed by atoms with Crippen molar-refractivity contribution in [1.82, 2.24) is 21.3 Å². The standard InChI is InChI=1S/C40H42N4O10/c1-40(2,3)54-39(50)44-32(25-14-10-7-11-15-25)36(47)43-33-26-21-29(45)34(51-4)30(22-26)53-27-18-16-23(17-19-27)20-28(38(49)52-5)41-35(46)31(42-37(33)48)24-12-8-6-9-13-24/h6-19,21-22,28,31-33,45H,20H2,1-5H3,(H,41,46)(H,42,48)(H,43,47)(H,44,50)/t28-,31+,32-,33+/m0/s1. The molecule has 14 heteroatoms. The second-order valence-corrected chi connectivity index (χ2v) is 13.4. The zero-order valence-corrected chi connectivity index (χ0v) is 30.4. The maximum absolute atomic E-state index is 14.5. The Hall–Kier alpha value is -6.57. The van der Waals surface area contributed by atoms with Crippen LogP contribution in [-0.4, -0.2) is 60.8 Å². The number of carbonyl (C=O) groups excluding carboxylic acids is 5. The highest BCUT2D eigenvalue weighted by atomic mass is 16.6. The number of phenols is 1.